The van der Waals surface area contributed by atoms with E-state index in [0.717, 1.165) is 12.7 Å². The van der Waals surface area contributed by atoms with Gasteiger partial charge in [0.05, 0.1) is 18.2 Å². The van der Waals surface area contributed by atoms with E-state index in [1.165, 1.54) is 0 Å². The molecule has 0 unspecified atom stereocenters. The summed E-state index contributed by atoms with van der Waals surface area (Å²) in [4.78, 5) is 27.7. The maximum atomic E-state index is 13.8. The topological polar surface area (TPSA) is 65.1 Å². The maximum absolute atomic E-state index is 13.8. The first-order chi connectivity index (χ1) is 17.7. The van der Waals surface area contributed by atoms with E-state index in [1.807, 2.05) is 25.7 Å². The van der Waals surface area contributed by atoms with Crippen LogP contribution < -0.4 is 0 Å². The second-order valence-corrected chi connectivity index (χ2v) is 25.2. The molecule has 1 aliphatic heterocycles. The van der Waals surface area contributed by atoms with Gasteiger partial charge in [0.25, 0.3) is 0 Å². The Bertz CT molecular complexity index is 804. The molecule has 1 amide bonds. The molecule has 228 valence electrons. The number of carbonyl (C=O) groups excluding carboxylic acids is 2. The largest absolute Gasteiger partial charge is 0.444 e. The van der Waals surface area contributed by atoms with E-state index >= 15 is 0 Å². The van der Waals surface area contributed by atoms with Gasteiger partial charge in [0.2, 0.25) is 0 Å². The standard InChI is InChI=1S/C31H61NO5Si2/c1-24(2)39(25(3)4,26(5)6)35-22-16-19-31(20-21-33)18-15-17-27(23-36-38(13,14)30(10,11)12)32(31)28(34)37-29(7,8)9/h15,18,21,24-27H,16-17,19-20,22-23H2,1-14H3/t27-,31+/m1/s1. The molecule has 0 saturated heterocycles. The van der Waals surface area contributed by atoms with Crippen LogP contribution in [0.25, 0.3) is 0 Å². The number of ether oxygens (including phenoxy) is 1. The van der Waals surface area contributed by atoms with Crippen LogP contribution in [0, 0.1) is 0 Å². The molecule has 1 aliphatic rings. The van der Waals surface area contributed by atoms with E-state index in [2.05, 4.69) is 87.6 Å². The van der Waals surface area contributed by atoms with Crippen LogP contribution in [-0.4, -0.2) is 64.3 Å². The molecule has 0 spiro atoms. The molecule has 6 nitrogen and oxygen atoms in total. The van der Waals surface area contributed by atoms with Gasteiger partial charge in [-0.15, -0.1) is 0 Å². The third kappa shape index (κ3) is 9.01. The highest BCUT2D eigenvalue weighted by Gasteiger charge is 2.48. The van der Waals surface area contributed by atoms with Crippen molar-refractivity contribution >= 4 is 29.0 Å². The summed E-state index contributed by atoms with van der Waals surface area (Å²) in [6.45, 7) is 31.6. The van der Waals surface area contributed by atoms with Crippen LogP contribution in [0.2, 0.25) is 34.8 Å². The van der Waals surface area contributed by atoms with Gasteiger partial charge in [0.1, 0.15) is 11.9 Å². The Labute approximate surface area is 242 Å². The van der Waals surface area contributed by atoms with Crippen molar-refractivity contribution in [2.24, 2.45) is 0 Å². The number of hydrogen-bond acceptors (Lipinski definition) is 5. The van der Waals surface area contributed by atoms with Crippen LogP contribution in [0.4, 0.5) is 4.79 Å². The lowest BCUT2D eigenvalue weighted by molar-refractivity contribution is -0.110. The van der Waals surface area contributed by atoms with Crippen molar-refractivity contribution < 1.29 is 23.2 Å². The predicted octanol–water partition coefficient (Wildman–Crippen LogP) is 8.87. The SMILES string of the molecule is CC(C)[Si](OCCC[C@]1(CC=O)C=CC[C@H](CO[Si](C)(C)C(C)(C)C)N1C(=O)OC(C)(C)C)(C(C)C)C(C)C. The van der Waals surface area contributed by atoms with Crippen molar-refractivity contribution in [1.29, 1.82) is 0 Å². The molecular weight excluding hydrogens is 523 g/mol. The molecule has 2 atom stereocenters. The first-order valence-corrected chi connectivity index (χ1v) is 20.1. The van der Waals surface area contributed by atoms with E-state index in [1.54, 1.807) is 0 Å². The Kier molecular flexibility index (Phi) is 12.8. The lowest BCUT2D eigenvalue weighted by Gasteiger charge is -2.49. The maximum Gasteiger partial charge on any atom is 0.411 e. The molecule has 0 saturated carbocycles. The molecule has 0 bridgehead atoms. The minimum absolute atomic E-state index is 0.0606. The summed E-state index contributed by atoms with van der Waals surface area (Å²) in [5, 5.41) is 0.0606. The zero-order valence-electron chi connectivity index (χ0n) is 27.8. The van der Waals surface area contributed by atoms with Crippen LogP contribution in [-0.2, 0) is 18.4 Å². The van der Waals surface area contributed by atoms with Crippen LogP contribution in [0.1, 0.15) is 109 Å². The first kappa shape index (κ1) is 36.1. The average molecular weight is 584 g/mol. The second-order valence-electron chi connectivity index (χ2n) is 15.0. The van der Waals surface area contributed by atoms with Gasteiger partial charge in [0, 0.05) is 13.0 Å². The van der Waals surface area contributed by atoms with Crippen molar-refractivity contribution in [2.75, 3.05) is 13.2 Å². The summed E-state index contributed by atoms with van der Waals surface area (Å²) >= 11 is 0. The highest BCUT2D eigenvalue weighted by molar-refractivity contribution is 6.77. The van der Waals surface area contributed by atoms with Crippen LogP contribution in [0.15, 0.2) is 12.2 Å². The van der Waals surface area contributed by atoms with Crippen molar-refractivity contribution in [3.8, 4) is 0 Å². The normalized spacial score (nSPS) is 21.3. The number of rotatable bonds is 13. The zero-order chi connectivity index (χ0) is 30.4. The smallest absolute Gasteiger partial charge is 0.411 e. The lowest BCUT2D eigenvalue weighted by Crippen LogP contribution is -2.60. The minimum atomic E-state index is -2.04. The molecule has 8 heteroatoms. The number of hydrogen-bond donors (Lipinski definition) is 0. The lowest BCUT2D eigenvalue weighted by atomic mass is 9.83. The molecule has 1 rings (SSSR count). The molecular formula is C31H61NO5Si2. The Morgan fingerprint density at radius 1 is 1.00 bits per heavy atom. The fourth-order valence-electron chi connectivity index (χ4n) is 6.04. The van der Waals surface area contributed by atoms with Crippen molar-refractivity contribution in [2.45, 2.75) is 161 Å². The summed E-state index contributed by atoms with van der Waals surface area (Å²) in [6.07, 6.45) is 7.04. The van der Waals surface area contributed by atoms with Gasteiger partial charge in [-0.05, 0) is 74.8 Å². The minimum Gasteiger partial charge on any atom is -0.444 e. The molecule has 0 fully saturated rings. The van der Waals surface area contributed by atoms with E-state index in [0.29, 0.717) is 42.7 Å². The molecule has 0 N–H and O–H groups in total. The van der Waals surface area contributed by atoms with Gasteiger partial charge in [-0.3, -0.25) is 4.90 Å². The average Bonchev–Trinajstić information content (AvgIpc) is 2.75. The molecule has 0 radical (unpaired) electrons. The summed E-state index contributed by atoms with van der Waals surface area (Å²) < 4.78 is 19.4. The third-order valence-corrected chi connectivity index (χ3v) is 19.6. The molecule has 1 heterocycles. The first-order valence-electron chi connectivity index (χ1n) is 15.1. The van der Waals surface area contributed by atoms with Gasteiger partial charge in [-0.1, -0.05) is 74.5 Å². The monoisotopic (exact) mass is 583 g/mol. The Balaban J connectivity index is 3.32. The van der Waals surface area contributed by atoms with E-state index in [4.69, 9.17) is 13.6 Å². The van der Waals surface area contributed by atoms with E-state index < -0.39 is 27.8 Å². The quantitative estimate of drug-likeness (QED) is 0.0937. The molecule has 39 heavy (non-hydrogen) atoms. The fraction of sp³-hybridized carbons (Fsp3) is 0.871. The Morgan fingerprint density at radius 3 is 1.97 bits per heavy atom. The van der Waals surface area contributed by atoms with Crippen molar-refractivity contribution in [3.05, 3.63) is 12.2 Å². The van der Waals surface area contributed by atoms with Gasteiger partial charge in [-0.2, -0.15) is 0 Å². The van der Waals surface area contributed by atoms with Gasteiger partial charge < -0.3 is 18.4 Å². The number of amides is 1. The van der Waals surface area contributed by atoms with Crippen molar-refractivity contribution in [3.63, 3.8) is 0 Å². The highest BCUT2D eigenvalue weighted by atomic mass is 28.4. The Hall–Kier alpha value is -0.966. The van der Waals surface area contributed by atoms with Crippen LogP contribution in [0.3, 0.4) is 0 Å². The van der Waals surface area contributed by atoms with Crippen LogP contribution in [0.5, 0.6) is 0 Å². The third-order valence-electron chi connectivity index (χ3n) is 8.96. The summed E-state index contributed by atoms with van der Waals surface area (Å²) in [5.41, 5.74) is 0.115. The van der Waals surface area contributed by atoms with E-state index in [9.17, 15) is 9.59 Å². The summed E-state index contributed by atoms with van der Waals surface area (Å²) in [7, 11) is -4.04. The van der Waals surface area contributed by atoms with Gasteiger partial charge >= 0.3 is 6.09 Å². The van der Waals surface area contributed by atoms with Gasteiger partial charge in [0.15, 0.2) is 16.6 Å². The fourth-order valence-corrected chi connectivity index (χ4v) is 12.6. The van der Waals surface area contributed by atoms with Crippen molar-refractivity contribution in [1.82, 2.24) is 4.90 Å². The second kappa shape index (κ2) is 13.8. The molecule has 0 aromatic carbocycles. The summed E-state index contributed by atoms with van der Waals surface area (Å²) in [5.74, 6) is 0. The van der Waals surface area contributed by atoms with Gasteiger partial charge in [-0.25, -0.2) is 4.79 Å². The Morgan fingerprint density at radius 2 is 1.54 bits per heavy atom. The number of carbonyl (C=O) groups is 2. The molecule has 0 aliphatic carbocycles. The zero-order valence-corrected chi connectivity index (χ0v) is 29.8. The number of nitrogens with zero attached hydrogens (tertiary/aromatic N) is 1. The predicted molar refractivity (Wildman–Crippen MR) is 168 cm³/mol. The molecule has 0 aromatic heterocycles. The van der Waals surface area contributed by atoms with E-state index in [-0.39, 0.29) is 23.6 Å². The molecule has 0 aromatic rings. The van der Waals surface area contributed by atoms with Crippen LogP contribution >= 0.6 is 0 Å². The number of aldehydes is 1. The summed E-state index contributed by atoms with van der Waals surface area (Å²) in [6, 6.07) is -0.199. The highest BCUT2D eigenvalue weighted by Crippen LogP contribution is 2.43.